The Balaban J connectivity index is 1.69. The number of nitrogens with zero attached hydrogens (tertiary/aromatic N) is 1. The molecule has 0 saturated carbocycles. The van der Waals surface area contributed by atoms with Crippen LogP contribution in [0.25, 0.3) is 0 Å². The van der Waals surface area contributed by atoms with Crippen molar-refractivity contribution in [2.75, 3.05) is 23.1 Å². The number of hydrogen-bond donors (Lipinski definition) is 2. The van der Waals surface area contributed by atoms with Gasteiger partial charge in [-0.1, -0.05) is 36.7 Å². The van der Waals surface area contributed by atoms with Crippen LogP contribution in [-0.4, -0.2) is 38.2 Å². The molecule has 1 atom stereocenters. The van der Waals surface area contributed by atoms with Crippen LogP contribution in [0.5, 0.6) is 0 Å². The third-order valence-corrected chi connectivity index (χ3v) is 6.83. The quantitative estimate of drug-likeness (QED) is 0.645. The number of carbonyl (C=O) groups is 2. The molecular weight excluding hydrogens is 438 g/mol. The first-order valence-corrected chi connectivity index (χ1v) is 12.1. The van der Waals surface area contributed by atoms with Gasteiger partial charge in [0.25, 0.3) is 10.0 Å². The molecule has 2 amide bonds. The molecule has 2 aromatic carbocycles. The van der Waals surface area contributed by atoms with Crippen LogP contribution in [0.15, 0.2) is 53.4 Å². The first-order valence-electron chi connectivity index (χ1n) is 10.3. The number of piperidine rings is 1. The molecule has 166 valence electrons. The summed E-state index contributed by atoms with van der Waals surface area (Å²) >= 11 is 6.05. The lowest BCUT2D eigenvalue weighted by atomic mass is 9.96. The molecule has 1 aliphatic rings. The van der Waals surface area contributed by atoms with E-state index in [1.807, 2.05) is 6.92 Å². The van der Waals surface area contributed by atoms with Crippen LogP contribution in [-0.2, 0) is 19.6 Å². The van der Waals surface area contributed by atoms with E-state index in [1.54, 1.807) is 41.3 Å². The van der Waals surface area contributed by atoms with Gasteiger partial charge < -0.3 is 10.2 Å². The van der Waals surface area contributed by atoms with Gasteiger partial charge in [-0.15, -0.1) is 0 Å². The highest BCUT2D eigenvalue weighted by molar-refractivity contribution is 7.92. The van der Waals surface area contributed by atoms with Crippen molar-refractivity contribution < 1.29 is 18.0 Å². The molecule has 31 heavy (non-hydrogen) atoms. The standard InChI is InChI=1S/C22H26ClN3O4S/c1-2-7-21(27)26-13-6-8-16(15-26)22(28)24-17-9-5-10-18(14-17)31(29,30)25-20-12-4-3-11-19(20)23/h3-5,9-12,14,16,25H,2,6-8,13,15H2,1H3,(H,24,28). The SMILES string of the molecule is CCCC(=O)N1CCCC(C(=O)Nc2cccc(S(=O)(=O)Nc3ccccc3Cl)c2)C1. The second-order valence-corrected chi connectivity index (χ2v) is 9.62. The minimum atomic E-state index is -3.88. The van der Waals surface area contributed by atoms with E-state index in [-0.39, 0.29) is 33.3 Å². The second-order valence-electron chi connectivity index (χ2n) is 7.53. The fourth-order valence-electron chi connectivity index (χ4n) is 3.52. The minimum Gasteiger partial charge on any atom is -0.342 e. The van der Waals surface area contributed by atoms with E-state index in [0.717, 1.165) is 12.8 Å². The van der Waals surface area contributed by atoms with Gasteiger partial charge in [0.2, 0.25) is 11.8 Å². The van der Waals surface area contributed by atoms with Gasteiger partial charge in [-0.2, -0.15) is 0 Å². The number of sulfonamides is 1. The van der Waals surface area contributed by atoms with Gasteiger partial charge in [-0.25, -0.2) is 8.42 Å². The number of benzene rings is 2. The zero-order valence-electron chi connectivity index (χ0n) is 17.3. The summed E-state index contributed by atoms with van der Waals surface area (Å²) in [5, 5.41) is 3.08. The van der Waals surface area contributed by atoms with Crippen molar-refractivity contribution in [2.45, 2.75) is 37.5 Å². The van der Waals surface area contributed by atoms with Crippen molar-refractivity contribution in [1.82, 2.24) is 4.90 Å². The van der Waals surface area contributed by atoms with Crippen LogP contribution < -0.4 is 10.0 Å². The molecule has 0 radical (unpaired) electrons. The summed E-state index contributed by atoms with van der Waals surface area (Å²) in [4.78, 5) is 26.7. The van der Waals surface area contributed by atoms with E-state index >= 15 is 0 Å². The minimum absolute atomic E-state index is 0.00798. The summed E-state index contributed by atoms with van der Waals surface area (Å²) in [5.41, 5.74) is 0.654. The average Bonchev–Trinajstić information content (AvgIpc) is 2.76. The van der Waals surface area contributed by atoms with Crippen LogP contribution in [0.3, 0.4) is 0 Å². The summed E-state index contributed by atoms with van der Waals surface area (Å²) in [6.07, 6.45) is 2.71. The first-order chi connectivity index (χ1) is 14.8. The number of amides is 2. The van der Waals surface area contributed by atoms with Crippen LogP contribution in [0.2, 0.25) is 5.02 Å². The number of likely N-dealkylation sites (tertiary alicyclic amines) is 1. The topological polar surface area (TPSA) is 95.6 Å². The Morgan fingerprint density at radius 1 is 1.16 bits per heavy atom. The van der Waals surface area contributed by atoms with E-state index in [4.69, 9.17) is 11.6 Å². The summed E-state index contributed by atoms with van der Waals surface area (Å²) in [6, 6.07) is 12.6. The number of rotatable bonds is 7. The Hall–Kier alpha value is -2.58. The largest absolute Gasteiger partial charge is 0.342 e. The Labute approximate surface area is 187 Å². The lowest BCUT2D eigenvalue weighted by Gasteiger charge is -2.32. The molecule has 0 spiro atoms. The molecule has 7 nitrogen and oxygen atoms in total. The van der Waals surface area contributed by atoms with Crippen molar-refractivity contribution in [3.63, 3.8) is 0 Å². The number of halogens is 1. The predicted molar refractivity (Wildman–Crippen MR) is 122 cm³/mol. The van der Waals surface area contributed by atoms with Crippen LogP contribution in [0.4, 0.5) is 11.4 Å². The molecule has 1 unspecified atom stereocenters. The lowest BCUT2D eigenvalue weighted by molar-refractivity contribution is -0.134. The molecular formula is C22H26ClN3O4S. The van der Waals surface area contributed by atoms with Crippen LogP contribution in [0, 0.1) is 5.92 Å². The molecule has 1 aliphatic heterocycles. The zero-order chi connectivity index (χ0) is 22.4. The van der Waals surface area contributed by atoms with Gasteiger partial charge in [0.15, 0.2) is 0 Å². The average molecular weight is 464 g/mol. The number of hydrogen-bond acceptors (Lipinski definition) is 4. The molecule has 2 N–H and O–H groups in total. The highest BCUT2D eigenvalue weighted by Crippen LogP contribution is 2.25. The summed E-state index contributed by atoms with van der Waals surface area (Å²) in [5.74, 6) is -0.475. The van der Waals surface area contributed by atoms with Gasteiger partial charge >= 0.3 is 0 Å². The molecule has 3 rings (SSSR count). The Bertz CT molecular complexity index is 1060. The maximum Gasteiger partial charge on any atom is 0.262 e. The first kappa shape index (κ1) is 23.1. The van der Waals surface area contributed by atoms with Crippen molar-refractivity contribution in [2.24, 2.45) is 5.92 Å². The molecule has 1 heterocycles. The van der Waals surface area contributed by atoms with Crippen molar-refractivity contribution in [3.05, 3.63) is 53.6 Å². The van der Waals surface area contributed by atoms with Gasteiger partial charge in [-0.05, 0) is 49.6 Å². The van der Waals surface area contributed by atoms with Gasteiger partial charge in [0, 0.05) is 25.2 Å². The predicted octanol–water partition coefficient (Wildman–Crippen LogP) is 4.12. The summed E-state index contributed by atoms with van der Waals surface area (Å²) in [6.45, 7) is 3.01. The van der Waals surface area contributed by atoms with Crippen molar-refractivity contribution >= 4 is 44.8 Å². The lowest BCUT2D eigenvalue weighted by Crippen LogP contribution is -2.43. The van der Waals surface area contributed by atoms with Gasteiger partial charge in [0.05, 0.1) is 21.5 Å². The molecule has 1 fully saturated rings. The Kier molecular flexibility index (Phi) is 7.56. The summed E-state index contributed by atoms with van der Waals surface area (Å²) < 4.78 is 28.0. The van der Waals surface area contributed by atoms with Gasteiger partial charge in [0.1, 0.15) is 0 Å². The fraction of sp³-hybridized carbons (Fsp3) is 0.364. The van der Waals surface area contributed by atoms with E-state index in [9.17, 15) is 18.0 Å². The fourth-order valence-corrected chi connectivity index (χ4v) is 4.89. The molecule has 0 bridgehead atoms. The van der Waals surface area contributed by atoms with E-state index in [0.29, 0.717) is 31.6 Å². The number of anilines is 2. The smallest absolute Gasteiger partial charge is 0.262 e. The van der Waals surface area contributed by atoms with E-state index < -0.39 is 10.0 Å². The third-order valence-electron chi connectivity index (χ3n) is 5.14. The third kappa shape index (κ3) is 5.98. The van der Waals surface area contributed by atoms with E-state index in [2.05, 4.69) is 10.0 Å². The van der Waals surface area contributed by atoms with Crippen LogP contribution in [0.1, 0.15) is 32.6 Å². The van der Waals surface area contributed by atoms with Gasteiger partial charge in [-0.3, -0.25) is 14.3 Å². The second kappa shape index (κ2) is 10.2. The van der Waals surface area contributed by atoms with Crippen molar-refractivity contribution in [1.29, 1.82) is 0 Å². The number of nitrogens with one attached hydrogen (secondary N) is 2. The maximum absolute atomic E-state index is 12.8. The zero-order valence-corrected chi connectivity index (χ0v) is 18.9. The highest BCUT2D eigenvalue weighted by Gasteiger charge is 2.28. The number of carbonyl (C=O) groups excluding carboxylic acids is 2. The molecule has 0 aromatic heterocycles. The number of para-hydroxylation sites is 1. The highest BCUT2D eigenvalue weighted by atomic mass is 35.5. The summed E-state index contributed by atoms with van der Waals surface area (Å²) in [7, 11) is -3.88. The normalized spacial score (nSPS) is 16.6. The Morgan fingerprint density at radius 2 is 1.94 bits per heavy atom. The molecule has 2 aromatic rings. The Morgan fingerprint density at radius 3 is 2.68 bits per heavy atom. The maximum atomic E-state index is 12.8. The van der Waals surface area contributed by atoms with Crippen molar-refractivity contribution in [3.8, 4) is 0 Å². The molecule has 9 heteroatoms. The monoisotopic (exact) mass is 463 g/mol. The van der Waals surface area contributed by atoms with Crippen LogP contribution >= 0.6 is 11.6 Å². The van der Waals surface area contributed by atoms with E-state index in [1.165, 1.54) is 12.1 Å². The molecule has 0 aliphatic carbocycles. The molecule has 1 saturated heterocycles.